The molecule has 0 amide bonds. The number of hydrogen-bond donors (Lipinski definition) is 0. The van der Waals surface area contributed by atoms with Gasteiger partial charge in [-0.15, -0.1) is 0 Å². The maximum atomic E-state index is 12.0. The Morgan fingerprint density at radius 1 is 1.32 bits per heavy atom. The summed E-state index contributed by atoms with van der Waals surface area (Å²) in [5, 5.41) is 0. The molecule has 1 aromatic carbocycles. The minimum absolute atomic E-state index is 0.370. The van der Waals surface area contributed by atoms with Crippen molar-refractivity contribution in [3.05, 3.63) is 29.8 Å². The van der Waals surface area contributed by atoms with Gasteiger partial charge in [-0.2, -0.15) is 0 Å². The Kier molecular flexibility index (Phi) is 5.44. The predicted octanol–water partition coefficient (Wildman–Crippen LogP) is 4.17. The third kappa shape index (κ3) is 4.38. The van der Waals surface area contributed by atoms with Crippen LogP contribution < -0.4 is 4.74 Å². The highest BCUT2D eigenvalue weighted by molar-refractivity contribution is 5.81. The molecule has 0 heterocycles. The molecule has 104 valence electrons. The molecule has 0 aliphatic heterocycles. The Labute approximate surface area is 116 Å². The Bertz CT molecular complexity index is 405. The van der Waals surface area contributed by atoms with E-state index in [0.29, 0.717) is 18.3 Å². The molecule has 0 bridgehead atoms. The average Bonchev–Trinajstić information content (AvgIpc) is 2.93. The molecule has 1 saturated carbocycles. The number of aryl methyl sites for hydroxylation is 1. The van der Waals surface area contributed by atoms with Crippen molar-refractivity contribution in [2.45, 2.75) is 51.9 Å². The second-order valence-corrected chi connectivity index (χ2v) is 5.38. The number of benzene rings is 1. The van der Waals surface area contributed by atoms with Gasteiger partial charge in [0.15, 0.2) is 0 Å². The van der Waals surface area contributed by atoms with Gasteiger partial charge < -0.3 is 4.74 Å². The molecule has 19 heavy (non-hydrogen) atoms. The molecule has 0 spiro atoms. The van der Waals surface area contributed by atoms with Gasteiger partial charge >= 0.3 is 0 Å². The molecule has 0 saturated heterocycles. The molecule has 1 aliphatic rings. The van der Waals surface area contributed by atoms with E-state index in [1.165, 1.54) is 18.4 Å². The quantitative estimate of drug-likeness (QED) is 0.735. The van der Waals surface area contributed by atoms with Crippen LogP contribution in [-0.2, 0) is 11.2 Å². The van der Waals surface area contributed by atoms with Crippen LogP contribution in [0.15, 0.2) is 24.3 Å². The van der Waals surface area contributed by atoms with Crippen LogP contribution in [0.3, 0.4) is 0 Å². The number of carbonyl (C=O) groups excluding carboxylic acids is 1. The van der Waals surface area contributed by atoms with Gasteiger partial charge in [0.1, 0.15) is 11.5 Å². The second kappa shape index (κ2) is 7.32. The number of ether oxygens (including phenoxy) is 1. The minimum Gasteiger partial charge on any atom is -0.494 e. The smallest absolute Gasteiger partial charge is 0.135 e. The highest BCUT2D eigenvalue weighted by Gasteiger charge is 2.21. The first-order valence-corrected chi connectivity index (χ1v) is 7.54. The van der Waals surface area contributed by atoms with Crippen LogP contribution in [0, 0.1) is 5.92 Å². The van der Waals surface area contributed by atoms with E-state index in [-0.39, 0.29) is 0 Å². The standard InChI is InChI=1S/C17H24O2/c1-2-19-16-11-5-7-14(13-16)8-6-12-17(18)15-9-3-4-10-15/h5,7,11,13,15H,2-4,6,8-10,12H2,1H3. The zero-order valence-electron chi connectivity index (χ0n) is 11.9. The van der Waals surface area contributed by atoms with Crippen LogP contribution in [-0.4, -0.2) is 12.4 Å². The molecule has 0 atom stereocenters. The lowest BCUT2D eigenvalue weighted by molar-refractivity contribution is -0.122. The summed E-state index contributed by atoms with van der Waals surface area (Å²) >= 11 is 0. The van der Waals surface area contributed by atoms with E-state index in [4.69, 9.17) is 4.74 Å². The van der Waals surface area contributed by atoms with Crippen molar-refractivity contribution in [3.8, 4) is 5.75 Å². The van der Waals surface area contributed by atoms with Crippen LogP contribution in [0.2, 0.25) is 0 Å². The lowest BCUT2D eigenvalue weighted by Gasteiger charge is -2.08. The van der Waals surface area contributed by atoms with Crippen molar-refractivity contribution in [3.63, 3.8) is 0 Å². The zero-order valence-corrected chi connectivity index (χ0v) is 11.9. The summed E-state index contributed by atoms with van der Waals surface area (Å²) in [4.78, 5) is 12.0. The Morgan fingerprint density at radius 3 is 2.84 bits per heavy atom. The normalized spacial score (nSPS) is 15.6. The SMILES string of the molecule is CCOc1cccc(CCCC(=O)C2CCCC2)c1. The summed E-state index contributed by atoms with van der Waals surface area (Å²) in [5.41, 5.74) is 1.27. The van der Waals surface area contributed by atoms with Crippen LogP contribution in [0.4, 0.5) is 0 Å². The molecular weight excluding hydrogens is 236 g/mol. The van der Waals surface area contributed by atoms with E-state index in [1.54, 1.807) is 0 Å². The fraction of sp³-hybridized carbons (Fsp3) is 0.588. The number of ketones is 1. The second-order valence-electron chi connectivity index (χ2n) is 5.38. The number of hydrogen-bond acceptors (Lipinski definition) is 2. The van der Waals surface area contributed by atoms with Gasteiger partial charge in [-0.05, 0) is 50.3 Å². The monoisotopic (exact) mass is 260 g/mol. The third-order valence-corrected chi connectivity index (χ3v) is 3.91. The average molecular weight is 260 g/mol. The van der Waals surface area contributed by atoms with Gasteiger partial charge in [0.25, 0.3) is 0 Å². The van der Waals surface area contributed by atoms with Crippen LogP contribution in [0.25, 0.3) is 0 Å². The maximum Gasteiger partial charge on any atom is 0.135 e. The Morgan fingerprint density at radius 2 is 2.11 bits per heavy atom. The van der Waals surface area contributed by atoms with Crippen molar-refractivity contribution in [2.24, 2.45) is 5.92 Å². The first-order valence-electron chi connectivity index (χ1n) is 7.54. The van der Waals surface area contributed by atoms with Gasteiger partial charge in [-0.3, -0.25) is 4.79 Å². The van der Waals surface area contributed by atoms with E-state index in [2.05, 4.69) is 12.1 Å². The van der Waals surface area contributed by atoms with E-state index in [1.807, 2.05) is 19.1 Å². The summed E-state index contributed by atoms with van der Waals surface area (Å²) in [6, 6.07) is 8.21. The van der Waals surface area contributed by atoms with Crippen LogP contribution in [0.5, 0.6) is 5.75 Å². The summed E-state index contributed by atoms with van der Waals surface area (Å²) in [5.74, 6) is 1.79. The molecule has 0 unspecified atom stereocenters. The summed E-state index contributed by atoms with van der Waals surface area (Å²) < 4.78 is 5.49. The topological polar surface area (TPSA) is 26.3 Å². The Hall–Kier alpha value is -1.31. The van der Waals surface area contributed by atoms with Gasteiger partial charge in [-0.25, -0.2) is 0 Å². The molecular formula is C17H24O2. The van der Waals surface area contributed by atoms with Crippen molar-refractivity contribution in [1.82, 2.24) is 0 Å². The van der Waals surface area contributed by atoms with E-state index >= 15 is 0 Å². The maximum absolute atomic E-state index is 12.0. The molecule has 1 fully saturated rings. The van der Waals surface area contributed by atoms with E-state index in [0.717, 1.165) is 37.9 Å². The van der Waals surface area contributed by atoms with Crippen molar-refractivity contribution >= 4 is 5.78 Å². The lowest BCUT2D eigenvalue weighted by atomic mass is 9.97. The Balaban J connectivity index is 1.75. The van der Waals surface area contributed by atoms with Crippen molar-refractivity contribution in [2.75, 3.05) is 6.61 Å². The third-order valence-electron chi connectivity index (χ3n) is 3.91. The highest BCUT2D eigenvalue weighted by atomic mass is 16.5. The number of carbonyl (C=O) groups is 1. The minimum atomic E-state index is 0.370. The zero-order chi connectivity index (χ0) is 13.5. The van der Waals surface area contributed by atoms with Crippen molar-refractivity contribution in [1.29, 1.82) is 0 Å². The van der Waals surface area contributed by atoms with E-state index < -0.39 is 0 Å². The highest BCUT2D eigenvalue weighted by Crippen LogP contribution is 2.27. The first kappa shape index (κ1) is 14.1. The molecule has 2 heteroatoms. The van der Waals surface area contributed by atoms with E-state index in [9.17, 15) is 4.79 Å². The molecule has 2 rings (SSSR count). The largest absolute Gasteiger partial charge is 0.494 e. The summed E-state index contributed by atoms with van der Waals surface area (Å²) in [6.07, 6.45) is 7.41. The predicted molar refractivity (Wildman–Crippen MR) is 77.5 cm³/mol. The number of rotatable bonds is 7. The van der Waals surface area contributed by atoms with Gasteiger partial charge in [-0.1, -0.05) is 25.0 Å². The fourth-order valence-electron chi connectivity index (χ4n) is 2.88. The van der Waals surface area contributed by atoms with Crippen LogP contribution >= 0.6 is 0 Å². The molecule has 1 aromatic rings. The van der Waals surface area contributed by atoms with Crippen LogP contribution in [0.1, 0.15) is 51.0 Å². The summed E-state index contributed by atoms with van der Waals surface area (Å²) in [6.45, 7) is 2.69. The van der Waals surface area contributed by atoms with Gasteiger partial charge in [0.05, 0.1) is 6.61 Å². The van der Waals surface area contributed by atoms with Gasteiger partial charge in [0.2, 0.25) is 0 Å². The fourth-order valence-corrected chi connectivity index (χ4v) is 2.88. The van der Waals surface area contributed by atoms with Crippen molar-refractivity contribution < 1.29 is 9.53 Å². The molecule has 0 N–H and O–H groups in total. The molecule has 1 aliphatic carbocycles. The molecule has 0 radical (unpaired) electrons. The lowest BCUT2D eigenvalue weighted by Crippen LogP contribution is -2.10. The van der Waals surface area contributed by atoms with Gasteiger partial charge in [0, 0.05) is 12.3 Å². The number of Topliss-reactive ketones (excluding diaryl/α,β-unsaturated/α-hetero) is 1. The molecule has 0 aromatic heterocycles. The summed E-state index contributed by atoms with van der Waals surface area (Å²) in [7, 11) is 0. The molecule has 2 nitrogen and oxygen atoms in total. The first-order chi connectivity index (χ1) is 9.29.